The van der Waals surface area contributed by atoms with Gasteiger partial charge in [-0.2, -0.15) is 18.4 Å². The van der Waals surface area contributed by atoms with Crippen LogP contribution in [0.5, 0.6) is 0 Å². The number of halogens is 3. The molecule has 0 spiro atoms. The lowest BCUT2D eigenvalue weighted by Crippen LogP contribution is -2.15. The Morgan fingerprint density at radius 2 is 1.93 bits per heavy atom. The van der Waals surface area contributed by atoms with Crippen molar-refractivity contribution >= 4 is 29.0 Å². The summed E-state index contributed by atoms with van der Waals surface area (Å²) in [5.74, 6) is -0.573. The highest BCUT2D eigenvalue weighted by molar-refractivity contribution is 8.00. The van der Waals surface area contributed by atoms with E-state index in [0.717, 1.165) is 23.5 Å². The molecule has 0 atom stereocenters. The standard InChI is InChI=1S/C18H17F3N4OS/c1-11-8-15(18(19,20)21)14(9-22)17(23-11)27-10-16(26)24-12-4-6-13(7-5-12)25(2)3/h4-8H,10H2,1-3H3,(H,24,26). The summed E-state index contributed by atoms with van der Waals surface area (Å²) in [5, 5.41) is 11.7. The van der Waals surface area contributed by atoms with E-state index >= 15 is 0 Å². The fourth-order valence-corrected chi connectivity index (χ4v) is 3.10. The first-order chi connectivity index (χ1) is 12.6. The van der Waals surface area contributed by atoms with Crippen LogP contribution in [0.15, 0.2) is 35.4 Å². The number of carbonyl (C=O) groups is 1. The van der Waals surface area contributed by atoms with Crippen LogP contribution >= 0.6 is 11.8 Å². The van der Waals surface area contributed by atoms with Gasteiger partial charge >= 0.3 is 6.18 Å². The number of thioether (sulfide) groups is 1. The number of pyridine rings is 1. The third-order valence-corrected chi connectivity index (χ3v) is 4.51. The Bertz CT molecular complexity index is 874. The van der Waals surface area contributed by atoms with E-state index in [0.29, 0.717) is 5.69 Å². The maximum absolute atomic E-state index is 13.1. The molecule has 1 heterocycles. The van der Waals surface area contributed by atoms with E-state index in [9.17, 15) is 18.0 Å². The van der Waals surface area contributed by atoms with Crippen LogP contribution < -0.4 is 10.2 Å². The molecule has 9 heteroatoms. The lowest BCUT2D eigenvalue weighted by molar-refractivity contribution is -0.138. The lowest BCUT2D eigenvalue weighted by Gasteiger charge is -2.14. The molecular formula is C18H17F3N4OS. The first kappa shape index (κ1) is 20.6. The molecule has 0 saturated carbocycles. The zero-order valence-corrected chi connectivity index (χ0v) is 15.7. The molecule has 0 bridgehead atoms. The number of aromatic nitrogens is 1. The van der Waals surface area contributed by atoms with Gasteiger partial charge in [0, 0.05) is 31.2 Å². The summed E-state index contributed by atoms with van der Waals surface area (Å²) in [6, 6.07) is 9.49. The molecule has 0 aliphatic heterocycles. The van der Waals surface area contributed by atoms with Crippen molar-refractivity contribution in [2.75, 3.05) is 30.1 Å². The average Bonchev–Trinajstić information content (AvgIpc) is 2.59. The highest BCUT2D eigenvalue weighted by atomic mass is 32.2. The Balaban J connectivity index is 2.11. The molecule has 2 aromatic rings. The smallest absolute Gasteiger partial charge is 0.378 e. The van der Waals surface area contributed by atoms with Crippen molar-refractivity contribution in [3.05, 3.63) is 47.2 Å². The minimum atomic E-state index is -4.66. The maximum Gasteiger partial charge on any atom is 0.417 e. The zero-order valence-electron chi connectivity index (χ0n) is 14.9. The predicted octanol–water partition coefficient (Wildman–Crippen LogP) is 4.08. The van der Waals surface area contributed by atoms with Crippen LogP contribution in [0.2, 0.25) is 0 Å². The van der Waals surface area contributed by atoms with E-state index in [2.05, 4.69) is 10.3 Å². The normalized spacial score (nSPS) is 11.0. The van der Waals surface area contributed by atoms with Crippen molar-refractivity contribution in [1.82, 2.24) is 4.98 Å². The number of benzene rings is 1. The van der Waals surface area contributed by atoms with E-state index in [1.165, 1.54) is 6.92 Å². The van der Waals surface area contributed by atoms with Crippen molar-refractivity contribution in [3.63, 3.8) is 0 Å². The molecule has 0 radical (unpaired) electrons. The van der Waals surface area contributed by atoms with Gasteiger partial charge < -0.3 is 10.2 Å². The second kappa shape index (κ2) is 8.31. The number of nitrogens with one attached hydrogen (secondary N) is 1. The topological polar surface area (TPSA) is 69.0 Å². The number of rotatable bonds is 5. The number of nitrogens with zero attached hydrogens (tertiary/aromatic N) is 3. The van der Waals surface area contributed by atoms with Gasteiger partial charge in [-0.25, -0.2) is 4.98 Å². The van der Waals surface area contributed by atoms with Gasteiger partial charge in [-0.3, -0.25) is 4.79 Å². The van der Waals surface area contributed by atoms with Crippen LogP contribution in [0.3, 0.4) is 0 Å². The van der Waals surface area contributed by atoms with Gasteiger partial charge in [-0.15, -0.1) is 0 Å². The first-order valence-electron chi connectivity index (χ1n) is 7.80. The summed E-state index contributed by atoms with van der Waals surface area (Å²) >= 11 is 0.798. The summed E-state index contributed by atoms with van der Waals surface area (Å²) < 4.78 is 39.3. The van der Waals surface area contributed by atoms with Crippen LogP contribution in [-0.2, 0) is 11.0 Å². The Morgan fingerprint density at radius 1 is 1.30 bits per heavy atom. The predicted molar refractivity (Wildman–Crippen MR) is 98.8 cm³/mol. The molecule has 0 aliphatic rings. The Hall–Kier alpha value is -2.73. The van der Waals surface area contributed by atoms with E-state index in [-0.39, 0.29) is 16.5 Å². The Kier molecular flexibility index (Phi) is 6.33. The fraction of sp³-hybridized carbons (Fsp3) is 0.278. The lowest BCUT2D eigenvalue weighted by atomic mass is 10.1. The molecular weight excluding hydrogens is 377 g/mol. The molecule has 2 rings (SSSR count). The molecule has 0 unspecified atom stereocenters. The highest BCUT2D eigenvalue weighted by Gasteiger charge is 2.35. The van der Waals surface area contributed by atoms with Gasteiger partial charge in [0.25, 0.3) is 0 Å². The number of alkyl halides is 3. The SMILES string of the molecule is Cc1cc(C(F)(F)F)c(C#N)c(SCC(=O)Nc2ccc(N(C)C)cc2)n1. The van der Waals surface area contributed by atoms with Crippen LogP contribution in [0.4, 0.5) is 24.5 Å². The molecule has 27 heavy (non-hydrogen) atoms. The summed E-state index contributed by atoms with van der Waals surface area (Å²) in [7, 11) is 3.78. The monoisotopic (exact) mass is 394 g/mol. The maximum atomic E-state index is 13.1. The molecule has 5 nitrogen and oxygen atoms in total. The molecule has 0 saturated heterocycles. The fourth-order valence-electron chi connectivity index (χ4n) is 2.25. The van der Waals surface area contributed by atoms with E-state index in [1.54, 1.807) is 18.2 Å². The van der Waals surface area contributed by atoms with Crippen LogP contribution in [0.25, 0.3) is 0 Å². The molecule has 0 aliphatic carbocycles. The van der Waals surface area contributed by atoms with E-state index in [1.807, 2.05) is 31.1 Å². The molecule has 1 aromatic heterocycles. The second-order valence-corrected chi connectivity index (χ2v) is 6.84. The van der Waals surface area contributed by atoms with Gasteiger partial charge in [0.2, 0.25) is 5.91 Å². The third-order valence-electron chi connectivity index (χ3n) is 3.54. The number of hydrogen-bond donors (Lipinski definition) is 1. The minimum absolute atomic E-state index is 0.108. The minimum Gasteiger partial charge on any atom is -0.378 e. The Labute approximate surface area is 159 Å². The number of carbonyl (C=O) groups excluding carboxylic acids is 1. The summed E-state index contributed by atoms with van der Waals surface area (Å²) in [4.78, 5) is 18.0. The summed E-state index contributed by atoms with van der Waals surface area (Å²) in [6.07, 6.45) is -4.66. The number of nitriles is 1. The third kappa shape index (κ3) is 5.37. The summed E-state index contributed by atoms with van der Waals surface area (Å²) in [6.45, 7) is 1.41. The first-order valence-corrected chi connectivity index (χ1v) is 8.79. The van der Waals surface area contributed by atoms with Gasteiger partial charge in [0.15, 0.2) is 0 Å². The molecule has 0 fully saturated rings. The van der Waals surface area contributed by atoms with Crippen LogP contribution in [-0.4, -0.2) is 30.7 Å². The Morgan fingerprint density at radius 3 is 2.44 bits per heavy atom. The number of amides is 1. The van der Waals surface area contributed by atoms with Crippen LogP contribution in [0.1, 0.15) is 16.8 Å². The molecule has 1 N–H and O–H groups in total. The van der Waals surface area contributed by atoms with Gasteiger partial charge in [0.05, 0.1) is 16.9 Å². The second-order valence-electron chi connectivity index (χ2n) is 5.88. The molecule has 142 valence electrons. The van der Waals surface area contributed by atoms with E-state index < -0.39 is 23.2 Å². The number of hydrogen-bond acceptors (Lipinski definition) is 5. The van der Waals surface area contributed by atoms with Crippen molar-refractivity contribution in [1.29, 1.82) is 5.26 Å². The van der Waals surface area contributed by atoms with Crippen LogP contribution in [0, 0.1) is 18.3 Å². The number of aryl methyl sites for hydroxylation is 1. The zero-order chi connectivity index (χ0) is 20.2. The van der Waals surface area contributed by atoms with Gasteiger partial charge in [0.1, 0.15) is 11.1 Å². The average molecular weight is 394 g/mol. The van der Waals surface area contributed by atoms with Crippen molar-refractivity contribution in [2.24, 2.45) is 0 Å². The quantitative estimate of drug-likeness (QED) is 0.774. The molecule has 1 amide bonds. The van der Waals surface area contributed by atoms with Gasteiger partial charge in [-0.1, -0.05) is 11.8 Å². The molecule has 1 aromatic carbocycles. The van der Waals surface area contributed by atoms with Crippen molar-refractivity contribution in [2.45, 2.75) is 18.1 Å². The van der Waals surface area contributed by atoms with E-state index in [4.69, 9.17) is 5.26 Å². The number of anilines is 2. The summed E-state index contributed by atoms with van der Waals surface area (Å²) in [5.41, 5.74) is 0.0500. The van der Waals surface area contributed by atoms with Crippen molar-refractivity contribution in [3.8, 4) is 6.07 Å². The van der Waals surface area contributed by atoms with Crippen molar-refractivity contribution < 1.29 is 18.0 Å². The highest BCUT2D eigenvalue weighted by Crippen LogP contribution is 2.35. The largest absolute Gasteiger partial charge is 0.417 e. The van der Waals surface area contributed by atoms with Gasteiger partial charge in [-0.05, 0) is 37.3 Å².